The molecule has 3 heterocycles. The van der Waals surface area contributed by atoms with Crippen molar-refractivity contribution in [1.82, 2.24) is 14.4 Å². The molecule has 0 aliphatic carbocycles. The summed E-state index contributed by atoms with van der Waals surface area (Å²) in [6.07, 6.45) is 1.99. The van der Waals surface area contributed by atoms with E-state index in [1.54, 1.807) is 0 Å². The van der Waals surface area contributed by atoms with Crippen molar-refractivity contribution >= 4 is 38.5 Å². The Morgan fingerprint density at radius 1 is 0.781 bits per heavy atom. The van der Waals surface area contributed by atoms with Crippen molar-refractivity contribution in [3.05, 3.63) is 65.4 Å². The molecule has 0 aliphatic heterocycles. The molecule has 0 atom stereocenters. The molecular formula is C29H33N3. The Balaban J connectivity index is 1.87. The molecule has 5 rings (SSSR count). The summed E-state index contributed by atoms with van der Waals surface area (Å²) in [6, 6.07) is 17.6. The van der Waals surface area contributed by atoms with Crippen LogP contribution in [0.4, 0.5) is 0 Å². The predicted octanol–water partition coefficient (Wildman–Crippen LogP) is 7.67. The van der Waals surface area contributed by atoms with Gasteiger partial charge >= 0.3 is 0 Å². The van der Waals surface area contributed by atoms with Crippen LogP contribution < -0.4 is 0 Å². The standard InChI is InChI=1S/C29H33N3/c1-18-14-20(17-29(5,6)7)30-26-21-10-8-9-11-23(21)32-24-13-12-19(16-28(2,3)4)15-22(24)31-27(32)25(18)26/h8-15H,16-17H2,1-7H3. The van der Waals surface area contributed by atoms with Crippen LogP contribution in [-0.4, -0.2) is 14.4 Å². The lowest BCUT2D eigenvalue weighted by Gasteiger charge is -2.19. The molecule has 3 heteroatoms. The maximum absolute atomic E-state index is 5.18. The first-order valence-corrected chi connectivity index (χ1v) is 11.6. The average Bonchev–Trinajstić information content (AvgIpc) is 3.03. The number of aryl methyl sites for hydroxylation is 1. The third kappa shape index (κ3) is 3.64. The van der Waals surface area contributed by atoms with Crippen LogP contribution in [0, 0.1) is 17.8 Å². The SMILES string of the molecule is Cc1cc(CC(C)(C)C)nc2c3ccccc3n3c4ccc(CC(C)(C)C)cc4nc3c12. The number of nitrogens with zero attached hydrogens (tertiary/aromatic N) is 3. The van der Waals surface area contributed by atoms with Crippen LogP contribution in [0.25, 0.3) is 38.5 Å². The second-order valence-corrected chi connectivity index (χ2v) is 11.7. The highest BCUT2D eigenvalue weighted by Gasteiger charge is 2.20. The molecule has 0 spiro atoms. The van der Waals surface area contributed by atoms with E-state index in [2.05, 4.69) is 101 Å². The second kappa shape index (κ2) is 7.03. The quantitative estimate of drug-likeness (QED) is 0.273. The van der Waals surface area contributed by atoms with Gasteiger partial charge in [0.25, 0.3) is 0 Å². The number of rotatable bonds is 2. The topological polar surface area (TPSA) is 30.2 Å². The van der Waals surface area contributed by atoms with Gasteiger partial charge in [0, 0.05) is 16.5 Å². The van der Waals surface area contributed by atoms with Gasteiger partial charge in [-0.3, -0.25) is 9.38 Å². The van der Waals surface area contributed by atoms with E-state index in [1.165, 1.54) is 22.0 Å². The number of benzene rings is 2. The highest BCUT2D eigenvalue weighted by molar-refractivity contribution is 6.13. The Bertz CT molecular complexity index is 1490. The molecule has 0 bridgehead atoms. The molecule has 164 valence electrons. The minimum atomic E-state index is 0.193. The highest BCUT2D eigenvalue weighted by atomic mass is 15.0. The van der Waals surface area contributed by atoms with Crippen molar-refractivity contribution in [1.29, 1.82) is 0 Å². The predicted molar refractivity (Wildman–Crippen MR) is 137 cm³/mol. The van der Waals surface area contributed by atoms with Gasteiger partial charge in [0.1, 0.15) is 5.65 Å². The first-order valence-electron chi connectivity index (χ1n) is 11.6. The summed E-state index contributed by atoms with van der Waals surface area (Å²) in [7, 11) is 0. The fraction of sp³-hybridized carbons (Fsp3) is 0.379. The van der Waals surface area contributed by atoms with Crippen molar-refractivity contribution in [2.24, 2.45) is 10.8 Å². The van der Waals surface area contributed by atoms with Gasteiger partial charge in [-0.2, -0.15) is 0 Å². The largest absolute Gasteiger partial charge is 0.292 e. The van der Waals surface area contributed by atoms with Gasteiger partial charge in [0.15, 0.2) is 0 Å². The van der Waals surface area contributed by atoms with Crippen LogP contribution in [0.1, 0.15) is 58.4 Å². The maximum Gasteiger partial charge on any atom is 0.148 e. The van der Waals surface area contributed by atoms with E-state index < -0.39 is 0 Å². The molecule has 0 saturated carbocycles. The van der Waals surface area contributed by atoms with E-state index in [0.29, 0.717) is 0 Å². The van der Waals surface area contributed by atoms with Crippen LogP contribution in [0.5, 0.6) is 0 Å². The first kappa shape index (κ1) is 20.9. The Kier molecular flexibility index (Phi) is 4.60. The van der Waals surface area contributed by atoms with Crippen LogP contribution in [0.2, 0.25) is 0 Å². The number of imidazole rings is 1. The lowest BCUT2D eigenvalue weighted by molar-refractivity contribution is 0.407. The van der Waals surface area contributed by atoms with Gasteiger partial charge in [-0.25, -0.2) is 4.98 Å². The van der Waals surface area contributed by atoms with E-state index >= 15 is 0 Å². The molecule has 0 amide bonds. The van der Waals surface area contributed by atoms with Gasteiger partial charge in [0.05, 0.1) is 22.1 Å². The Labute approximate surface area is 190 Å². The molecule has 0 aliphatic rings. The third-order valence-corrected chi connectivity index (χ3v) is 6.06. The zero-order valence-electron chi connectivity index (χ0n) is 20.4. The Morgan fingerprint density at radius 2 is 1.50 bits per heavy atom. The molecule has 0 unspecified atom stereocenters. The molecule has 2 aromatic carbocycles. The number of hydrogen-bond donors (Lipinski definition) is 0. The Morgan fingerprint density at radius 3 is 2.22 bits per heavy atom. The number of fused-ring (bicyclic) bond motifs is 8. The first-order chi connectivity index (χ1) is 15.0. The van der Waals surface area contributed by atoms with Crippen LogP contribution >= 0.6 is 0 Å². The fourth-order valence-electron chi connectivity index (χ4n) is 4.98. The number of pyridine rings is 2. The monoisotopic (exact) mass is 423 g/mol. The van der Waals surface area contributed by atoms with Gasteiger partial charge < -0.3 is 0 Å². The molecule has 0 fully saturated rings. The highest BCUT2D eigenvalue weighted by Crippen LogP contribution is 2.35. The molecule has 5 aromatic rings. The van der Waals surface area contributed by atoms with Crippen molar-refractivity contribution in [2.75, 3.05) is 0 Å². The van der Waals surface area contributed by atoms with E-state index in [-0.39, 0.29) is 10.8 Å². The summed E-state index contributed by atoms with van der Waals surface area (Å²) in [6.45, 7) is 15.9. The fourth-order valence-corrected chi connectivity index (χ4v) is 4.98. The Hall–Kier alpha value is -2.94. The summed E-state index contributed by atoms with van der Waals surface area (Å²) in [5, 5.41) is 2.35. The van der Waals surface area contributed by atoms with E-state index in [0.717, 1.165) is 46.1 Å². The molecule has 3 nitrogen and oxygen atoms in total. The van der Waals surface area contributed by atoms with Crippen LogP contribution in [-0.2, 0) is 12.8 Å². The number of hydrogen-bond acceptors (Lipinski definition) is 2. The number of aromatic nitrogens is 3. The molecule has 0 N–H and O–H groups in total. The van der Waals surface area contributed by atoms with Crippen LogP contribution in [0.15, 0.2) is 48.5 Å². The summed E-state index contributed by atoms with van der Waals surface area (Å²) in [5.74, 6) is 0. The van der Waals surface area contributed by atoms with Crippen molar-refractivity contribution in [2.45, 2.75) is 61.3 Å². The lowest BCUT2D eigenvalue weighted by Crippen LogP contribution is -2.11. The lowest BCUT2D eigenvalue weighted by atomic mass is 9.88. The van der Waals surface area contributed by atoms with Gasteiger partial charge in [-0.05, 0) is 66.0 Å². The van der Waals surface area contributed by atoms with Crippen molar-refractivity contribution in [3.63, 3.8) is 0 Å². The minimum Gasteiger partial charge on any atom is -0.292 e. The zero-order chi connectivity index (χ0) is 22.8. The van der Waals surface area contributed by atoms with Gasteiger partial charge in [-0.15, -0.1) is 0 Å². The molecule has 0 radical (unpaired) electrons. The summed E-state index contributed by atoms with van der Waals surface area (Å²) >= 11 is 0. The number of para-hydroxylation sites is 1. The summed E-state index contributed by atoms with van der Waals surface area (Å²) < 4.78 is 2.33. The smallest absolute Gasteiger partial charge is 0.148 e. The van der Waals surface area contributed by atoms with E-state index in [4.69, 9.17) is 9.97 Å². The summed E-state index contributed by atoms with van der Waals surface area (Å²) in [4.78, 5) is 10.4. The maximum atomic E-state index is 5.18. The summed E-state index contributed by atoms with van der Waals surface area (Å²) in [5.41, 5.74) is 9.64. The second-order valence-electron chi connectivity index (χ2n) is 11.7. The van der Waals surface area contributed by atoms with E-state index in [1.807, 2.05) is 0 Å². The van der Waals surface area contributed by atoms with Gasteiger partial charge in [0.2, 0.25) is 0 Å². The van der Waals surface area contributed by atoms with E-state index in [9.17, 15) is 0 Å². The zero-order valence-corrected chi connectivity index (χ0v) is 20.4. The van der Waals surface area contributed by atoms with Gasteiger partial charge in [-0.1, -0.05) is 65.8 Å². The molecular weight excluding hydrogens is 390 g/mol. The molecule has 32 heavy (non-hydrogen) atoms. The average molecular weight is 424 g/mol. The minimum absolute atomic E-state index is 0.193. The normalized spacial score (nSPS) is 13.1. The van der Waals surface area contributed by atoms with Crippen molar-refractivity contribution in [3.8, 4) is 0 Å². The third-order valence-electron chi connectivity index (χ3n) is 6.06. The van der Waals surface area contributed by atoms with Crippen LogP contribution in [0.3, 0.4) is 0 Å². The molecule has 0 saturated heterocycles. The van der Waals surface area contributed by atoms with Crippen molar-refractivity contribution < 1.29 is 0 Å². The molecule has 3 aromatic heterocycles.